The molecule has 0 fully saturated rings. The minimum absolute atomic E-state index is 0.134. The molecule has 1 heterocycles. The van der Waals surface area contributed by atoms with E-state index >= 15 is 0 Å². The fourth-order valence-corrected chi connectivity index (χ4v) is 3.38. The van der Waals surface area contributed by atoms with Gasteiger partial charge in [0.15, 0.2) is 0 Å². The normalized spacial score (nSPS) is 11.5. The van der Waals surface area contributed by atoms with Crippen LogP contribution in [0.5, 0.6) is 11.6 Å². The summed E-state index contributed by atoms with van der Waals surface area (Å²) in [5.41, 5.74) is 3.41. The van der Waals surface area contributed by atoms with Crippen LogP contribution in [0.3, 0.4) is 0 Å². The monoisotopic (exact) mass is 408 g/mol. The second kappa shape index (κ2) is 8.87. The molecule has 0 bridgehead atoms. The smallest absolute Gasteiger partial charge is 0.241 e. The second-order valence-corrected chi connectivity index (χ2v) is 7.88. The summed E-state index contributed by atoms with van der Waals surface area (Å²) in [4.78, 5) is 25.6. The lowest BCUT2D eigenvalue weighted by Gasteiger charge is -2.13. The van der Waals surface area contributed by atoms with Crippen molar-refractivity contribution in [1.82, 2.24) is 14.8 Å². The van der Waals surface area contributed by atoms with Crippen LogP contribution < -0.4 is 4.74 Å². The number of nitrogens with zero attached hydrogens (tertiary/aromatic N) is 4. The lowest BCUT2D eigenvalue weighted by Crippen LogP contribution is -2.07. The van der Waals surface area contributed by atoms with Crippen molar-refractivity contribution < 1.29 is 9.53 Å². The highest BCUT2D eigenvalue weighted by Gasteiger charge is 2.18. The SMILES string of the molecule is Cc1cc(N=CN(C)C)c2ccccc2c1Oc1ncsc1C(=O)/C=C/N(C)C. The Kier molecular flexibility index (Phi) is 6.29. The minimum atomic E-state index is -0.134. The van der Waals surface area contributed by atoms with Crippen LogP contribution >= 0.6 is 11.3 Å². The third kappa shape index (κ3) is 4.81. The largest absolute Gasteiger partial charge is 0.436 e. The number of hydrogen-bond acceptors (Lipinski definition) is 6. The van der Waals surface area contributed by atoms with Crippen molar-refractivity contribution in [2.45, 2.75) is 6.92 Å². The summed E-state index contributed by atoms with van der Waals surface area (Å²) in [5.74, 6) is 0.868. The van der Waals surface area contributed by atoms with Gasteiger partial charge in [0.05, 0.1) is 17.5 Å². The first kappa shape index (κ1) is 20.5. The third-order valence-corrected chi connectivity index (χ3v) is 4.89. The van der Waals surface area contributed by atoms with Crippen LogP contribution in [0.1, 0.15) is 15.2 Å². The number of aliphatic imine (C=N–C) groups is 1. The first-order valence-electron chi connectivity index (χ1n) is 9.10. The fraction of sp³-hybridized carbons (Fsp3) is 0.227. The zero-order valence-corrected chi connectivity index (χ0v) is 18.0. The highest BCUT2D eigenvalue weighted by atomic mass is 32.1. The van der Waals surface area contributed by atoms with E-state index in [1.54, 1.807) is 18.0 Å². The molecule has 7 heteroatoms. The van der Waals surface area contributed by atoms with Gasteiger partial charge in [-0.3, -0.25) is 4.79 Å². The maximum atomic E-state index is 12.5. The molecule has 0 atom stereocenters. The summed E-state index contributed by atoms with van der Waals surface area (Å²) in [6.07, 6.45) is 5.00. The Labute approximate surface area is 174 Å². The predicted octanol–water partition coefficient (Wildman–Crippen LogP) is 4.88. The Balaban J connectivity index is 2.03. The number of thiazole rings is 1. The van der Waals surface area contributed by atoms with Gasteiger partial charge in [0.25, 0.3) is 0 Å². The number of aromatic nitrogens is 1. The van der Waals surface area contributed by atoms with Gasteiger partial charge in [-0.05, 0) is 18.6 Å². The van der Waals surface area contributed by atoms with Crippen molar-refractivity contribution in [1.29, 1.82) is 0 Å². The summed E-state index contributed by atoms with van der Waals surface area (Å²) in [7, 11) is 7.59. The number of benzene rings is 2. The van der Waals surface area contributed by atoms with Gasteiger partial charge >= 0.3 is 0 Å². The van der Waals surface area contributed by atoms with E-state index in [9.17, 15) is 4.79 Å². The first-order valence-corrected chi connectivity index (χ1v) is 9.98. The van der Waals surface area contributed by atoms with Crippen LogP contribution in [0.15, 0.2) is 53.1 Å². The maximum absolute atomic E-state index is 12.5. The van der Waals surface area contributed by atoms with Gasteiger partial charge in [0.2, 0.25) is 11.7 Å². The molecular weight excluding hydrogens is 384 g/mol. The number of aryl methyl sites for hydroxylation is 1. The van der Waals surface area contributed by atoms with Crippen LogP contribution in [0.2, 0.25) is 0 Å². The average molecular weight is 409 g/mol. The molecule has 29 heavy (non-hydrogen) atoms. The Hall–Kier alpha value is -3.19. The molecule has 1 aromatic heterocycles. The molecule has 3 aromatic rings. The molecule has 3 rings (SSSR count). The van der Waals surface area contributed by atoms with Crippen molar-refractivity contribution in [3.8, 4) is 11.6 Å². The van der Waals surface area contributed by atoms with Crippen molar-refractivity contribution in [3.63, 3.8) is 0 Å². The molecule has 0 spiro atoms. The lowest BCUT2D eigenvalue weighted by molar-refractivity contribution is 0.104. The van der Waals surface area contributed by atoms with Gasteiger partial charge in [0, 0.05) is 51.2 Å². The summed E-state index contributed by atoms with van der Waals surface area (Å²) < 4.78 is 6.17. The maximum Gasteiger partial charge on any atom is 0.241 e. The van der Waals surface area contributed by atoms with Crippen LogP contribution in [-0.2, 0) is 0 Å². The average Bonchev–Trinajstić information content (AvgIpc) is 3.15. The predicted molar refractivity (Wildman–Crippen MR) is 120 cm³/mol. The highest BCUT2D eigenvalue weighted by Crippen LogP contribution is 2.39. The molecule has 0 aliphatic heterocycles. The Morgan fingerprint density at radius 2 is 1.86 bits per heavy atom. The number of rotatable bonds is 7. The Morgan fingerprint density at radius 3 is 2.55 bits per heavy atom. The molecule has 0 radical (unpaired) electrons. The van der Waals surface area contributed by atoms with E-state index in [-0.39, 0.29) is 5.78 Å². The number of ketones is 1. The zero-order chi connectivity index (χ0) is 21.0. The van der Waals surface area contributed by atoms with Gasteiger partial charge in [-0.15, -0.1) is 11.3 Å². The molecule has 150 valence electrons. The molecule has 0 amide bonds. The Morgan fingerprint density at radius 1 is 1.14 bits per heavy atom. The molecule has 0 saturated carbocycles. The van der Waals surface area contributed by atoms with Gasteiger partial charge in [-0.25, -0.2) is 9.98 Å². The molecular formula is C22H24N4O2S. The quantitative estimate of drug-likeness (QED) is 0.241. The molecule has 6 nitrogen and oxygen atoms in total. The van der Waals surface area contributed by atoms with Crippen LogP contribution in [0.4, 0.5) is 5.69 Å². The second-order valence-electron chi connectivity index (χ2n) is 7.03. The van der Waals surface area contributed by atoms with Gasteiger partial charge in [-0.1, -0.05) is 24.3 Å². The number of carbonyl (C=O) groups is 1. The third-order valence-electron chi connectivity index (χ3n) is 4.07. The fourth-order valence-electron chi connectivity index (χ4n) is 2.75. The molecule has 0 N–H and O–H groups in total. The highest BCUT2D eigenvalue weighted by molar-refractivity contribution is 7.12. The van der Waals surface area contributed by atoms with Gasteiger partial charge < -0.3 is 14.5 Å². The molecule has 0 unspecified atom stereocenters. The molecule has 0 aliphatic rings. The van der Waals surface area contributed by atoms with Gasteiger partial charge in [-0.2, -0.15) is 0 Å². The van der Waals surface area contributed by atoms with E-state index < -0.39 is 0 Å². The van der Waals surface area contributed by atoms with E-state index in [0.29, 0.717) is 16.5 Å². The molecule has 2 aromatic carbocycles. The van der Waals surface area contributed by atoms with E-state index in [0.717, 1.165) is 22.0 Å². The summed E-state index contributed by atoms with van der Waals surface area (Å²) >= 11 is 1.27. The van der Waals surface area contributed by atoms with Crippen LogP contribution in [-0.4, -0.2) is 55.1 Å². The summed E-state index contributed by atoms with van der Waals surface area (Å²) in [5, 5.41) is 1.90. The zero-order valence-electron chi connectivity index (χ0n) is 17.2. The standard InChI is InChI=1S/C22H24N4O2S/c1-15-12-18(23-13-26(4)5)16-8-6-7-9-17(16)20(15)28-22-21(29-14-24-22)19(27)10-11-25(2)3/h6-14H,1-5H3/b11-10+,23-13?. The number of allylic oxidation sites excluding steroid dienone is 1. The Bertz CT molecular complexity index is 1080. The number of hydrogen-bond donors (Lipinski definition) is 0. The van der Waals surface area contributed by atoms with E-state index in [1.165, 1.54) is 17.4 Å². The minimum Gasteiger partial charge on any atom is -0.436 e. The molecule has 0 saturated heterocycles. The number of ether oxygens (including phenoxy) is 1. The first-order chi connectivity index (χ1) is 13.9. The van der Waals surface area contributed by atoms with Crippen LogP contribution in [0, 0.1) is 6.92 Å². The summed E-state index contributed by atoms with van der Waals surface area (Å²) in [6.45, 7) is 1.97. The molecule has 0 aliphatic carbocycles. The van der Waals surface area contributed by atoms with Crippen molar-refractivity contribution in [2.75, 3.05) is 28.2 Å². The van der Waals surface area contributed by atoms with Crippen LogP contribution in [0.25, 0.3) is 10.8 Å². The van der Waals surface area contributed by atoms with Gasteiger partial charge in [0.1, 0.15) is 10.6 Å². The topological polar surface area (TPSA) is 58.0 Å². The van der Waals surface area contributed by atoms with E-state index in [2.05, 4.69) is 9.98 Å². The van der Waals surface area contributed by atoms with Crippen molar-refractivity contribution in [3.05, 3.63) is 58.6 Å². The lowest BCUT2D eigenvalue weighted by atomic mass is 10.0. The summed E-state index contributed by atoms with van der Waals surface area (Å²) in [6, 6.07) is 9.92. The van der Waals surface area contributed by atoms with Crippen molar-refractivity contribution in [2.24, 2.45) is 4.99 Å². The van der Waals surface area contributed by atoms with E-state index in [1.807, 2.05) is 75.2 Å². The van der Waals surface area contributed by atoms with E-state index in [4.69, 9.17) is 4.74 Å². The van der Waals surface area contributed by atoms with Crippen molar-refractivity contribution >= 4 is 39.9 Å². The number of carbonyl (C=O) groups excluding carboxylic acids is 1. The number of fused-ring (bicyclic) bond motifs is 1.